The van der Waals surface area contributed by atoms with Gasteiger partial charge in [0.1, 0.15) is 5.82 Å². The predicted octanol–water partition coefficient (Wildman–Crippen LogP) is 2.54. The molecule has 0 saturated carbocycles. The lowest BCUT2D eigenvalue weighted by Gasteiger charge is -2.10. The zero-order valence-electron chi connectivity index (χ0n) is 10.9. The van der Waals surface area contributed by atoms with Crippen LogP contribution in [0.5, 0.6) is 0 Å². The van der Waals surface area contributed by atoms with Crippen LogP contribution in [-0.4, -0.2) is 22.6 Å². The van der Waals surface area contributed by atoms with Crippen molar-refractivity contribution in [3.63, 3.8) is 0 Å². The Hall–Kier alpha value is -0.860. The summed E-state index contributed by atoms with van der Waals surface area (Å²) in [6.45, 7) is 3.74. The molecule has 0 radical (unpaired) electrons. The van der Waals surface area contributed by atoms with Crippen LogP contribution < -0.4 is 4.72 Å². The summed E-state index contributed by atoms with van der Waals surface area (Å²) in [5.41, 5.74) is -0.308. The van der Waals surface area contributed by atoms with E-state index < -0.39 is 29.8 Å². The Balaban J connectivity index is 2.94. The Labute approximate surface area is 122 Å². The van der Waals surface area contributed by atoms with Crippen LogP contribution in [0, 0.1) is 11.7 Å². The van der Waals surface area contributed by atoms with Crippen molar-refractivity contribution < 1.29 is 21.2 Å². The van der Waals surface area contributed by atoms with E-state index in [1.807, 2.05) is 13.8 Å². The van der Waals surface area contributed by atoms with Crippen LogP contribution in [0.3, 0.4) is 0 Å². The number of sulfonamides is 1. The molecule has 0 bridgehead atoms. The van der Waals surface area contributed by atoms with Crippen molar-refractivity contribution in [2.24, 2.45) is 5.92 Å². The van der Waals surface area contributed by atoms with Gasteiger partial charge in [-0.25, -0.2) is 21.2 Å². The lowest BCUT2D eigenvalue weighted by molar-refractivity contribution is 0.576. The minimum Gasteiger partial charge on any atom is -0.281 e. The van der Waals surface area contributed by atoms with E-state index in [0.29, 0.717) is 12.5 Å². The maximum absolute atomic E-state index is 13.7. The van der Waals surface area contributed by atoms with Gasteiger partial charge in [0, 0.05) is 10.7 Å². The molecule has 9 heteroatoms. The lowest BCUT2D eigenvalue weighted by atomic mass is 10.2. The molecule has 0 aromatic heterocycles. The number of hydrogen-bond acceptors (Lipinski definition) is 4. The molecule has 0 aliphatic rings. The summed E-state index contributed by atoms with van der Waals surface area (Å²) >= 11 is 0. The SMILES string of the molecule is CC(C)CCS(=O)(=O)Nc1ccc(S(=O)(=O)Cl)cc1F. The molecular formula is C11H15ClFNO4S2. The molecule has 0 fully saturated rings. The highest BCUT2D eigenvalue weighted by molar-refractivity contribution is 8.13. The molecule has 0 aliphatic heterocycles. The molecule has 0 saturated heterocycles. The largest absolute Gasteiger partial charge is 0.281 e. The van der Waals surface area contributed by atoms with Gasteiger partial charge in [-0.05, 0) is 30.5 Å². The van der Waals surface area contributed by atoms with Crippen molar-refractivity contribution in [1.82, 2.24) is 0 Å². The first-order chi connectivity index (χ1) is 9.01. The fourth-order valence-corrected chi connectivity index (χ4v) is 3.49. The van der Waals surface area contributed by atoms with Gasteiger partial charge in [0.05, 0.1) is 16.3 Å². The van der Waals surface area contributed by atoms with Gasteiger partial charge < -0.3 is 0 Å². The zero-order chi connectivity index (χ0) is 15.6. The van der Waals surface area contributed by atoms with Crippen molar-refractivity contribution in [2.75, 3.05) is 10.5 Å². The number of halogens is 2. The number of benzene rings is 1. The smallest absolute Gasteiger partial charge is 0.261 e. The van der Waals surface area contributed by atoms with E-state index >= 15 is 0 Å². The first-order valence-corrected chi connectivity index (χ1v) is 9.72. The molecule has 0 unspecified atom stereocenters. The molecule has 0 amide bonds. The third-order valence-electron chi connectivity index (χ3n) is 2.45. The van der Waals surface area contributed by atoms with Gasteiger partial charge in [-0.15, -0.1) is 0 Å². The molecule has 1 N–H and O–H groups in total. The maximum Gasteiger partial charge on any atom is 0.261 e. The third kappa shape index (κ3) is 5.26. The Morgan fingerprint density at radius 2 is 1.85 bits per heavy atom. The Bertz CT molecular complexity index is 686. The maximum atomic E-state index is 13.7. The van der Waals surface area contributed by atoms with Crippen LogP contribution in [0.1, 0.15) is 20.3 Å². The molecule has 114 valence electrons. The highest BCUT2D eigenvalue weighted by Crippen LogP contribution is 2.22. The van der Waals surface area contributed by atoms with E-state index in [-0.39, 0.29) is 17.4 Å². The molecule has 1 aromatic rings. The van der Waals surface area contributed by atoms with Gasteiger partial charge in [-0.3, -0.25) is 4.72 Å². The number of hydrogen-bond donors (Lipinski definition) is 1. The molecule has 5 nitrogen and oxygen atoms in total. The monoisotopic (exact) mass is 343 g/mol. The molecule has 0 heterocycles. The highest BCUT2D eigenvalue weighted by Gasteiger charge is 2.17. The van der Waals surface area contributed by atoms with Gasteiger partial charge in [0.15, 0.2) is 0 Å². The second-order valence-electron chi connectivity index (χ2n) is 4.68. The molecule has 1 aromatic carbocycles. The first kappa shape index (κ1) is 17.2. The predicted molar refractivity (Wildman–Crippen MR) is 76.3 cm³/mol. The summed E-state index contributed by atoms with van der Waals surface area (Å²) in [5, 5.41) is 0. The van der Waals surface area contributed by atoms with Crippen LogP contribution in [0.15, 0.2) is 23.1 Å². The van der Waals surface area contributed by atoms with Gasteiger partial charge in [0.25, 0.3) is 9.05 Å². The number of anilines is 1. The van der Waals surface area contributed by atoms with Crippen molar-refractivity contribution in [3.8, 4) is 0 Å². The summed E-state index contributed by atoms with van der Waals surface area (Å²) in [7, 11) is -2.66. The number of rotatable bonds is 6. The fraction of sp³-hybridized carbons (Fsp3) is 0.455. The molecule has 0 aliphatic carbocycles. The van der Waals surface area contributed by atoms with Gasteiger partial charge in [-0.1, -0.05) is 13.8 Å². The Morgan fingerprint density at radius 1 is 1.25 bits per heavy atom. The average molecular weight is 344 g/mol. The van der Waals surface area contributed by atoms with E-state index in [2.05, 4.69) is 4.72 Å². The van der Waals surface area contributed by atoms with E-state index in [9.17, 15) is 21.2 Å². The summed E-state index contributed by atoms with van der Waals surface area (Å²) < 4.78 is 61.2. The minimum absolute atomic E-state index is 0.139. The average Bonchev–Trinajstić information content (AvgIpc) is 2.28. The van der Waals surface area contributed by atoms with Crippen molar-refractivity contribution in [3.05, 3.63) is 24.0 Å². The molecule has 0 atom stereocenters. The van der Waals surface area contributed by atoms with Crippen LogP contribution in [0.2, 0.25) is 0 Å². The van der Waals surface area contributed by atoms with Crippen molar-refractivity contribution >= 4 is 35.4 Å². The van der Waals surface area contributed by atoms with Gasteiger partial charge >= 0.3 is 0 Å². The van der Waals surface area contributed by atoms with Crippen LogP contribution >= 0.6 is 10.7 Å². The highest BCUT2D eigenvalue weighted by atomic mass is 35.7. The molecular weight excluding hydrogens is 329 g/mol. The minimum atomic E-state index is -4.05. The van der Waals surface area contributed by atoms with Crippen LogP contribution in [0.25, 0.3) is 0 Å². The van der Waals surface area contributed by atoms with Crippen molar-refractivity contribution in [2.45, 2.75) is 25.2 Å². The standard InChI is InChI=1S/C11H15ClFNO4S2/c1-8(2)5-6-19(15,16)14-11-4-3-9(7-10(11)13)20(12,17)18/h3-4,7-8,14H,5-6H2,1-2H3. The number of nitrogens with one attached hydrogen (secondary N) is 1. The molecule has 20 heavy (non-hydrogen) atoms. The summed E-state index contributed by atoms with van der Waals surface area (Å²) in [5.74, 6) is -0.945. The quantitative estimate of drug-likeness (QED) is 0.805. The normalized spacial score (nSPS) is 12.7. The molecule has 0 spiro atoms. The summed E-state index contributed by atoms with van der Waals surface area (Å²) in [6, 6.07) is 2.73. The van der Waals surface area contributed by atoms with E-state index in [1.165, 1.54) is 0 Å². The Kier molecular flexibility index (Phi) is 5.39. The lowest BCUT2D eigenvalue weighted by Crippen LogP contribution is -2.18. The van der Waals surface area contributed by atoms with Gasteiger partial charge in [-0.2, -0.15) is 0 Å². The van der Waals surface area contributed by atoms with Crippen LogP contribution in [0.4, 0.5) is 10.1 Å². The van der Waals surface area contributed by atoms with E-state index in [4.69, 9.17) is 10.7 Å². The second-order valence-corrected chi connectivity index (χ2v) is 9.09. The van der Waals surface area contributed by atoms with Gasteiger partial charge in [0.2, 0.25) is 10.0 Å². The molecule has 1 rings (SSSR count). The summed E-state index contributed by atoms with van der Waals surface area (Å²) in [4.78, 5) is -0.429. The van der Waals surface area contributed by atoms with Crippen molar-refractivity contribution in [1.29, 1.82) is 0 Å². The summed E-state index contributed by atoms with van der Waals surface area (Å²) in [6.07, 6.45) is 0.436. The first-order valence-electron chi connectivity index (χ1n) is 5.76. The Morgan fingerprint density at radius 3 is 2.30 bits per heavy atom. The second kappa shape index (κ2) is 6.28. The topological polar surface area (TPSA) is 80.3 Å². The van der Waals surface area contributed by atoms with E-state index in [1.54, 1.807) is 0 Å². The fourth-order valence-electron chi connectivity index (χ4n) is 1.34. The third-order valence-corrected chi connectivity index (χ3v) is 5.11. The van der Waals surface area contributed by atoms with E-state index in [0.717, 1.165) is 12.1 Å². The zero-order valence-corrected chi connectivity index (χ0v) is 13.3. The van der Waals surface area contributed by atoms with Crippen LogP contribution in [-0.2, 0) is 19.1 Å².